The highest BCUT2D eigenvalue weighted by molar-refractivity contribution is 6.20. The summed E-state index contributed by atoms with van der Waals surface area (Å²) in [6.07, 6.45) is 4.56. The monoisotopic (exact) mass is 374 g/mol. The third-order valence-electron chi connectivity index (χ3n) is 4.83. The third kappa shape index (κ3) is 2.79. The molecule has 2 aromatic heterocycles. The van der Waals surface area contributed by atoms with Crippen LogP contribution in [0.25, 0.3) is 0 Å². The molecule has 1 aliphatic heterocycles. The zero-order valence-electron chi connectivity index (χ0n) is 15.4. The average molecular weight is 374 g/mol. The van der Waals surface area contributed by atoms with Crippen LogP contribution in [0.4, 0.5) is 5.69 Å². The van der Waals surface area contributed by atoms with Gasteiger partial charge in [-0.1, -0.05) is 17.7 Å². The molecule has 6 heteroatoms. The van der Waals surface area contributed by atoms with Gasteiger partial charge in [0.2, 0.25) is 5.78 Å². The van der Waals surface area contributed by atoms with E-state index in [2.05, 4.69) is 4.98 Å². The van der Waals surface area contributed by atoms with Crippen molar-refractivity contribution < 1.29 is 19.1 Å². The van der Waals surface area contributed by atoms with Crippen molar-refractivity contribution in [3.63, 3.8) is 0 Å². The van der Waals surface area contributed by atoms with Gasteiger partial charge in [-0.05, 0) is 55.3 Å². The molecule has 0 aliphatic carbocycles. The van der Waals surface area contributed by atoms with Crippen LogP contribution in [-0.4, -0.2) is 21.8 Å². The highest BCUT2D eigenvalue weighted by Crippen LogP contribution is 2.42. The van der Waals surface area contributed by atoms with Gasteiger partial charge < -0.3 is 9.52 Å². The maximum absolute atomic E-state index is 13.1. The van der Waals surface area contributed by atoms with Gasteiger partial charge in [-0.25, -0.2) is 0 Å². The number of hydrogen-bond acceptors (Lipinski definition) is 5. The number of aromatic nitrogens is 1. The summed E-state index contributed by atoms with van der Waals surface area (Å²) in [7, 11) is 0. The number of aliphatic hydroxyl groups excluding tert-OH is 1. The number of carbonyl (C=O) groups excluding carboxylic acids is 2. The van der Waals surface area contributed by atoms with E-state index in [1.165, 1.54) is 17.2 Å². The predicted molar refractivity (Wildman–Crippen MR) is 103 cm³/mol. The highest BCUT2D eigenvalue weighted by atomic mass is 16.3. The molecule has 4 rings (SSSR count). The molecule has 1 atom stereocenters. The fourth-order valence-corrected chi connectivity index (χ4v) is 3.56. The normalized spacial score (nSPS) is 16.7. The van der Waals surface area contributed by atoms with Gasteiger partial charge in [0.15, 0.2) is 11.5 Å². The van der Waals surface area contributed by atoms with Crippen LogP contribution in [0.3, 0.4) is 0 Å². The van der Waals surface area contributed by atoms with Crippen molar-refractivity contribution in [2.24, 2.45) is 0 Å². The Hall–Kier alpha value is -3.67. The van der Waals surface area contributed by atoms with Crippen molar-refractivity contribution in [3.8, 4) is 0 Å². The first kappa shape index (κ1) is 17.7. The fourth-order valence-electron chi connectivity index (χ4n) is 3.56. The lowest BCUT2D eigenvalue weighted by Crippen LogP contribution is -2.31. The zero-order chi connectivity index (χ0) is 19.8. The summed E-state index contributed by atoms with van der Waals surface area (Å²) < 4.78 is 5.22. The second-order valence-electron chi connectivity index (χ2n) is 6.72. The Kier molecular flexibility index (Phi) is 4.31. The summed E-state index contributed by atoms with van der Waals surface area (Å²) in [6.45, 7) is 3.85. The highest BCUT2D eigenvalue weighted by Gasteiger charge is 2.45. The molecular formula is C22H18N2O4. The predicted octanol–water partition coefficient (Wildman–Crippen LogP) is 4.07. The fraction of sp³-hybridized carbons (Fsp3) is 0.136. The van der Waals surface area contributed by atoms with Gasteiger partial charge in [0.1, 0.15) is 0 Å². The molecule has 1 unspecified atom stereocenters. The first-order valence-electron chi connectivity index (χ1n) is 8.81. The molecule has 0 fully saturated rings. The number of furan rings is 1. The number of rotatable bonds is 4. The number of aliphatic hydroxyl groups is 1. The summed E-state index contributed by atoms with van der Waals surface area (Å²) in [6, 6.07) is 11.4. The molecule has 3 heterocycles. The van der Waals surface area contributed by atoms with Crippen molar-refractivity contribution in [2.45, 2.75) is 19.9 Å². The first-order chi connectivity index (χ1) is 13.5. The number of aryl methyl sites for hydroxylation is 2. The lowest BCUT2D eigenvalue weighted by atomic mass is 9.95. The van der Waals surface area contributed by atoms with Crippen molar-refractivity contribution in [2.75, 3.05) is 4.90 Å². The lowest BCUT2D eigenvalue weighted by Gasteiger charge is -2.28. The van der Waals surface area contributed by atoms with Gasteiger partial charge in [0, 0.05) is 18.1 Å². The summed E-state index contributed by atoms with van der Waals surface area (Å²) in [5.41, 5.74) is 3.21. The van der Waals surface area contributed by atoms with Crippen LogP contribution in [0.1, 0.15) is 33.3 Å². The van der Waals surface area contributed by atoms with Crippen molar-refractivity contribution in [1.29, 1.82) is 0 Å². The van der Waals surface area contributed by atoms with E-state index in [0.29, 0.717) is 11.3 Å². The van der Waals surface area contributed by atoms with Gasteiger partial charge in [0.05, 0.1) is 17.9 Å². The molecule has 28 heavy (non-hydrogen) atoms. The molecule has 6 nitrogen and oxygen atoms in total. The molecule has 1 aliphatic rings. The molecule has 1 N–H and O–H groups in total. The van der Waals surface area contributed by atoms with Crippen LogP contribution in [0, 0.1) is 13.8 Å². The maximum Gasteiger partial charge on any atom is 0.294 e. The molecule has 0 radical (unpaired) electrons. The van der Waals surface area contributed by atoms with E-state index in [4.69, 9.17) is 4.42 Å². The van der Waals surface area contributed by atoms with Gasteiger partial charge >= 0.3 is 0 Å². The molecule has 0 bridgehead atoms. The van der Waals surface area contributed by atoms with Gasteiger partial charge in [-0.3, -0.25) is 19.5 Å². The van der Waals surface area contributed by atoms with Crippen molar-refractivity contribution in [1.82, 2.24) is 4.98 Å². The number of pyridine rings is 1. The smallest absolute Gasteiger partial charge is 0.294 e. The van der Waals surface area contributed by atoms with E-state index < -0.39 is 23.5 Å². The standard InChI is InChI=1S/C22H18N2O4/c1-13-5-6-16(14(2)12-13)24-19(15-7-9-23-10-8-15)18(21(26)22(24)27)20(25)17-4-3-11-28-17/h3-12,19,26H,1-2H3. The Morgan fingerprint density at radius 1 is 1.14 bits per heavy atom. The molecule has 0 saturated carbocycles. The Morgan fingerprint density at radius 2 is 1.89 bits per heavy atom. The number of ketones is 1. The Balaban J connectivity index is 1.90. The number of nitrogens with zero attached hydrogens (tertiary/aromatic N) is 2. The van der Waals surface area contributed by atoms with Crippen LogP contribution in [0.2, 0.25) is 0 Å². The maximum atomic E-state index is 13.1. The topological polar surface area (TPSA) is 83.6 Å². The van der Waals surface area contributed by atoms with E-state index in [-0.39, 0.29) is 11.3 Å². The van der Waals surface area contributed by atoms with Gasteiger partial charge in [-0.15, -0.1) is 0 Å². The minimum absolute atomic E-state index is 0.00822. The molecule has 1 amide bonds. The number of Topliss-reactive ketones (excluding diaryl/α,β-unsaturated/α-hetero) is 1. The number of amides is 1. The van der Waals surface area contributed by atoms with Gasteiger partial charge in [-0.2, -0.15) is 0 Å². The van der Waals surface area contributed by atoms with Crippen LogP contribution < -0.4 is 4.90 Å². The van der Waals surface area contributed by atoms with Crippen LogP contribution in [-0.2, 0) is 4.79 Å². The van der Waals surface area contributed by atoms with Gasteiger partial charge in [0.25, 0.3) is 5.91 Å². The van der Waals surface area contributed by atoms with E-state index in [1.807, 2.05) is 32.0 Å². The zero-order valence-corrected chi connectivity index (χ0v) is 15.4. The summed E-state index contributed by atoms with van der Waals surface area (Å²) in [5.74, 6) is -1.65. The molecule has 140 valence electrons. The molecule has 1 aromatic carbocycles. The summed E-state index contributed by atoms with van der Waals surface area (Å²) >= 11 is 0. The van der Waals surface area contributed by atoms with E-state index in [1.54, 1.807) is 30.6 Å². The molecular weight excluding hydrogens is 356 g/mol. The average Bonchev–Trinajstić information content (AvgIpc) is 3.31. The van der Waals surface area contributed by atoms with Crippen molar-refractivity contribution in [3.05, 3.63) is 94.9 Å². The number of anilines is 1. The van der Waals surface area contributed by atoms with E-state index in [0.717, 1.165) is 11.1 Å². The first-order valence-corrected chi connectivity index (χ1v) is 8.81. The lowest BCUT2D eigenvalue weighted by molar-refractivity contribution is -0.117. The quantitative estimate of drug-likeness (QED) is 0.696. The Labute approximate surface area is 161 Å². The summed E-state index contributed by atoms with van der Waals surface area (Å²) in [5, 5.41) is 10.6. The van der Waals surface area contributed by atoms with E-state index >= 15 is 0 Å². The largest absolute Gasteiger partial charge is 0.503 e. The van der Waals surface area contributed by atoms with Crippen LogP contribution >= 0.6 is 0 Å². The molecule has 0 saturated heterocycles. The molecule has 3 aromatic rings. The summed E-state index contributed by atoms with van der Waals surface area (Å²) in [4.78, 5) is 31.6. The second kappa shape index (κ2) is 6.81. The van der Waals surface area contributed by atoms with Crippen LogP contribution in [0.15, 0.2) is 76.9 Å². The van der Waals surface area contributed by atoms with E-state index in [9.17, 15) is 14.7 Å². The SMILES string of the molecule is Cc1ccc(N2C(=O)C(O)=C(C(=O)c3ccco3)C2c2ccncc2)c(C)c1. The Morgan fingerprint density at radius 3 is 2.54 bits per heavy atom. The molecule has 0 spiro atoms. The van der Waals surface area contributed by atoms with Crippen LogP contribution in [0.5, 0.6) is 0 Å². The minimum Gasteiger partial charge on any atom is -0.503 e. The Bertz CT molecular complexity index is 1080. The number of benzene rings is 1. The number of hydrogen-bond donors (Lipinski definition) is 1. The van der Waals surface area contributed by atoms with Crippen molar-refractivity contribution >= 4 is 17.4 Å². The minimum atomic E-state index is -0.783. The second-order valence-corrected chi connectivity index (χ2v) is 6.72. The third-order valence-corrected chi connectivity index (χ3v) is 4.83. The number of carbonyl (C=O) groups is 2.